The SMILES string of the molecule is CCOc1ccc(-c2nc(CC(=O)NCCNS(=O)(=O)c3cccc([N+](=O)[O-])c3)cs2)cc1. The smallest absolute Gasteiger partial charge is 0.270 e. The highest BCUT2D eigenvalue weighted by Crippen LogP contribution is 2.26. The number of ether oxygens (including phenoxy) is 1. The minimum Gasteiger partial charge on any atom is -0.494 e. The fraction of sp³-hybridized carbons (Fsp3) is 0.238. The van der Waals surface area contributed by atoms with Crippen LogP contribution >= 0.6 is 11.3 Å². The number of nitro groups is 1. The van der Waals surface area contributed by atoms with Gasteiger partial charge in [-0.3, -0.25) is 14.9 Å². The number of nitrogens with one attached hydrogen (secondary N) is 2. The molecule has 10 nitrogen and oxygen atoms in total. The summed E-state index contributed by atoms with van der Waals surface area (Å²) < 4.78 is 32.3. The van der Waals surface area contributed by atoms with Crippen LogP contribution in [0.2, 0.25) is 0 Å². The zero-order valence-electron chi connectivity index (χ0n) is 17.7. The van der Waals surface area contributed by atoms with Gasteiger partial charge in [0.05, 0.1) is 28.5 Å². The first-order valence-electron chi connectivity index (χ1n) is 9.97. The lowest BCUT2D eigenvalue weighted by molar-refractivity contribution is -0.385. The van der Waals surface area contributed by atoms with Crippen LogP contribution in [0.1, 0.15) is 12.6 Å². The Hall–Kier alpha value is -3.35. The Morgan fingerprint density at radius 3 is 2.64 bits per heavy atom. The topological polar surface area (TPSA) is 141 Å². The molecule has 2 N–H and O–H groups in total. The highest BCUT2D eigenvalue weighted by atomic mass is 32.2. The maximum absolute atomic E-state index is 12.3. The Morgan fingerprint density at radius 1 is 1.18 bits per heavy atom. The van der Waals surface area contributed by atoms with Gasteiger partial charge in [0.15, 0.2) is 0 Å². The van der Waals surface area contributed by atoms with Gasteiger partial charge >= 0.3 is 0 Å². The molecule has 3 rings (SSSR count). The molecule has 0 aliphatic carbocycles. The average molecular weight is 491 g/mol. The quantitative estimate of drug-likeness (QED) is 0.239. The second kappa shape index (κ2) is 11.0. The summed E-state index contributed by atoms with van der Waals surface area (Å²) in [5, 5.41) is 16.0. The first-order valence-corrected chi connectivity index (χ1v) is 12.3. The molecule has 3 aromatic rings. The van der Waals surface area contributed by atoms with Gasteiger partial charge in [-0.15, -0.1) is 11.3 Å². The standard InChI is InChI=1S/C21H22N4O6S2/c1-2-31-18-8-6-15(7-9-18)21-24-16(14-32-21)12-20(26)22-10-11-23-33(29,30)19-5-3-4-17(13-19)25(27)28/h3-9,13-14,23H,2,10-12H2,1H3,(H,22,26). The largest absolute Gasteiger partial charge is 0.494 e. The third-order valence-electron chi connectivity index (χ3n) is 4.38. The van der Waals surface area contributed by atoms with Gasteiger partial charge in [-0.05, 0) is 37.3 Å². The van der Waals surface area contributed by atoms with Crippen LogP contribution in [0.4, 0.5) is 5.69 Å². The number of hydrogen-bond acceptors (Lipinski definition) is 8. The number of nitro benzene ring substituents is 1. The van der Waals surface area contributed by atoms with Crippen LogP contribution in [-0.2, 0) is 21.2 Å². The van der Waals surface area contributed by atoms with Crippen LogP contribution in [0.15, 0.2) is 58.8 Å². The van der Waals surface area contributed by atoms with E-state index in [2.05, 4.69) is 15.0 Å². The molecule has 0 bridgehead atoms. The number of benzene rings is 2. The zero-order valence-corrected chi connectivity index (χ0v) is 19.3. The van der Waals surface area contributed by atoms with E-state index in [-0.39, 0.29) is 36.0 Å². The first kappa shape index (κ1) is 24.3. The van der Waals surface area contributed by atoms with Crippen LogP contribution in [0.25, 0.3) is 10.6 Å². The summed E-state index contributed by atoms with van der Waals surface area (Å²) in [6, 6.07) is 12.3. The summed E-state index contributed by atoms with van der Waals surface area (Å²) in [6.45, 7) is 2.50. The molecule has 1 heterocycles. The van der Waals surface area contributed by atoms with Crippen LogP contribution in [0.3, 0.4) is 0 Å². The van der Waals surface area contributed by atoms with Gasteiger partial charge in [-0.2, -0.15) is 0 Å². The molecule has 12 heteroatoms. The lowest BCUT2D eigenvalue weighted by Gasteiger charge is -2.08. The molecule has 1 amide bonds. The van der Waals surface area contributed by atoms with Crippen molar-refractivity contribution in [1.29, 1.82) is 0 Å². The van der Waals surface area contributed by atoms with Gasteiger partial charge in [0.1, 0.15) is 10.8 Å². The third kappa shape index (κ3) is 6.81. The molecular weight excluding hydrogens is 468 g/mol. The number of sulfonamides is 1. The van der Waals surface area contributed by atoms with Gasteiger partial charge in [0.25, 0.3) is 5.69 Å². The van der Waals surface area contributed by atoms with E-state index in [1.54, 1.807) is 5.38 Å². The molecule has 0 aliphatic rings. The van der Waals surface area contributed by atoms with E-state index in [0.717, 1.165) is 22.4 Å². The maximum Gasteiger partial charge on any atom is 0.270 e. The molecular formula is C21H22N4O6S2. The normalized spacial score (nSPS) is 11.2. The molecule has 33 heavy (non-hydrogen) atoms. The Kier molecular flexibility index (Phi) is 8.09. The van der Waals surface area contributed by atoms with Crippen LogP contribution in [0.5, 0.6) is 5.75 Å². The predicted octanol–water partition coefficient (Wildman–Crippen LogP) is 2.75. The zero-order chi connectivity index (χ0) is 23.8. The van der Waals surface area contributed by atoms with Crippen LogP contribution < -0.4 is 14.8 Å². The Balaban J connectivity index is 1.47. The maximum atomic E-state index is 12.3. The van der Waals surface area contributed by atoms with Crippen molar-refractivity contribution in [2.24, 2.45) is 0 Å². The van der Waals surface area contributed by atoms with Gasteiger partial charge in [0, 0.05) is 36.2 Å². The lowest BCUT2D eigenvalue weighted by Crippen LogP contribution is -2.35. The van der Waals surface area contributed by atoms with Crippen molar-refractivity contribution in [3.63, 3.8) is 0 Å². The summed E-state index contributed by atoms with van der Waals surface area (Å²) in [6.07, 6.45) is 0.0607. The average Bonchev–Trinajstić information content (AvgIpc) is 3.26. The van der Waals surface area contributed by atoms with Crippen LogP contribution in [0, 0.1) is 10.1 Å². The minimum absolute atomic E-state index is 0.0584. The molecule has 0 aliphatic heterocycles. The molecule has 0 spiro atoms. The minimum atomic E-state index is -3.93. The van der Waals surface area contributed by atoms with Crippen molar-refractivity contribution in [3.05, 3.63) is 69.7 Å². The molecule has 0 fully saturated rings. The molecule has 174 valence electrons. The van der Waals surface area contributed by atoms with E-state index < -0.39 is 14.9 Å². The van der Waals surface area contributed by atoms with E-state index in [0.29, 0.717) is 12.3 Å². The number of non-ortho nitro benzene ring substituents is 1. The number of rotatable bonds is 11. The highest BCUT2D eigenvalue weighted by Gasteiger charge is 2.17. The second-order valence-electron chi connectivity index (χ2n) is 6.78. The van der Waals surface area contributed by atoms with Crippen molar-refractivity contribution in [3.8, 4) is 16.3 Å². The molecule has 0 atom stereocenters. The first-order chi connectivity index (χ1) is 15.8. The van der Waals surface area contributed by atoms with Crippen molar-refractivity contribution < 1.29 is 22.9 Å². The number of amides is 1. The summed E-state index contributed by atoms with van der Waals surface area (Å²) in [4.78, 5) is 26.6. The van der Waals surface area contributed by atoms with E-state index in [1.165, 1.54) is 29.5 Å². The fourth-order valence-corrected chi connectivity index (χ4v) is 4.74. The molecule has 2 aromatic carbocycles. The number of thiazole rings is 1. The summed E-state index contributed by atoms with van der Waals surface area (Å²) in [5.41, 5.74) is 1.21. The Morgan fingerprint density at radius 2 is 1.94 bits per heavy atom. The van der Waals surface area contributed by atoms with Crippen molar-refractivity contribution in [2.75, 3.05) is 19.7 Å². The van der Waals surface area contributed by atoms with Crippen molar-refractivity contribution in [1.82, 2.24) is 15.0 Å². The summed E-state index contributed by atoms with van der Waals surface area (Å²) >= 11 is 1.42. The molecule has 0 unspecified atom stereocenters. The third-order valence-corrected chi connectivity index (χ3v) is 6.78. The van der Waals surface area contributed by atoms with E-state index in [4.69, 9.17) is 4.74 Å². The Bertz CT molecular complexity index is 1230. The summed E-state index contributed by atoms with van der Waals surface area (Å²) in [7, 11) is -3.93. The predicted molar refractivity (Wildman–Crippen MR) is 124 cm³/mol. The van der Waals surface area contributed by atoms with E-state index in [9.17, 15) is 23.3 Å². The molecule has 1 aromatic heterocycles. The highest BCUT2D eigenvalue weighted by molar-refractivity contribution is 7.89. The molecule has 0 radical (unpaired) electrons. The lowest BCUT2D eigenvalue weighted by atomic mass is 10.2. The number of hydrogen-bond donors (Lipinski definition) is 2. The number of carbonyl (C=O) groups is 1. The monoisotopic (exact) mass is 490 g/mol. The molecule has 0 saturated carbocycles. The second-order valence-corrected chi connectivity index (χ2v) is 9.41. The van der Waals surface area contributed by atoms with Gasteiger partial charge in [0.2, 0.25) is 15.9 Å². The van der Waals surface area contributed by atoms with Gasteiger partial charge in [-0.1, -0.05) is 6.07 Å². The van der Waals surface area contributed by atoms with Gasteiger partial charge < -0.3 is 10.1 Å². The van der Waals surface area contributed by atoms with Crippen molar-refractivity contribution in [2.45, 2.75) is 18.2 Å². The summed E-state index contributed by atoms with van der Waals surface area (Å²) in [5.74, 6) is 0.478. The van der Waals surface area contributed by atoms with E-state index >= 15 is 0 Å². The van der Waals surface area contributed by atoms with E-state index in [1.807, 2.05) is 31.2 Å². The number of carbonyl (C=O) groups excluding carboxylic acids is 1. The number of nitrogens with zero attached hydrogens (tertiary/aromatic N) is 2. The van der Waals surface area contributed by atoms with Crippen molar-refractivity contribution >= 4 is 33.0 Å². The number of aromatic nitrogens is 1. The van der Waals surface area contributed by atoms with Gasteiger partial charge in [-0.25, -0.2) is 18.1 Å². The fourth-order valence-electron chi connectivity index (χ4n) is 2.84. The van der Waals surface area contributed by atoms with Crippen LogP contribution in [-0.4, -0.2) is 43.9 Å². The Labute approximate surface area is 194 Å². The molecule has 0 saturated heterocycles.